The zero-order chi connectivity index (χ0) is 12.7. The fourth-order valence-corrected chi connectivity index (χ4v) is 1.52. The van der Waals surface area contributed by atoms with Crippen LogP contribution in [0.4, 0.5) is 0 Å². The first-order chi connectivity index (χ1) is 8.09. The molecule has 0 atom stereocenters. The summed E-state index contributed by atoms with van der Waals surface area (Å²) in [4.78, 5) is 15.7. The average Bonchev–Trinajstić information content (AvgIpc) is 2.28. The van der Waals surface area contributed by atoms with Crippen molar-refractivity contribution in [2.24, 2.45) is 5.92 Å². The highest BCUT2D eigenvalue weighted by molar-refractivity contribution is 9.10. The van der Waals surface area contributed by atoms with E-state index in [0.717, 1.165) is 0 Å². The molecule has 0 aliphatic rings. The zero-order valence-corrected chi connectivity index (χ0v) is 11.7. The van der Waals surface area contributed by atoms with E-state index in [2.05, 4.69) is 40.1 Å². The highest BCUT2D eigenvalue weighted by atomic mass is 79.9. The molecule has 94 valence electrons. The van der Waals surface area contributed by atoms with E-state index in [0.29, 0.717) is 36.0 Å². The van der Waals surface area contributed by atoms with Gasteiger partial charge in [0, 0.05) is 13.2 Å². The molecule has 1 heterocycles. The minimum Gasteiger partial charge on any atom is -0.379 e. The Hall–Kier alpha value is -0.940. The van der Waals surface area contributed by atoms with E-state index in [4.69, 9.17) is 4.74 Å². The van der Waals surface area contributed by atoms with Crippen molar-refractivity contribution in [3.63, 3.8) is 0 Å². The van der Waals surface area contributed by atoms with Crippen molar-refractivity contribution in [3.8, 4) is 0 Å². The maximum atomic E-state index is 11.6. The lowest BCUT2D eigenvalue weighted by atomic mass is 10.2. The highest BCUT2D eigenvalue weighted by Gasteiger charge is 2.06. The van der Waals surface area contributed by atoms with Crippen molar-refractivity contribution < 1.29 is 9.53 Å². The van der Waals surface area contributed by atoms with Crippen LogP contribution >= 0.6 is 15.9 Å². The second-order valence-electron chi connectivity index (χ2n) is 4.07. The molecule has 1 rings (SSSR count). The van der Waals surface area contributed by atoms with E-state index in [-0.39, 0.29) is 5.91 Å². The quantitative estimate of drug-likeness (QED) is 0.647. The molecule has 0 aliphatic carbocycles. The van der Waals surface area contributed by atoms with Crippen molar-refractivity contribution in [3.05, 3.63) is 28.5 Å². The monoisotopic (exact) mass is 300 g/mol. The summed E-state index contributed by atoms with van der Waals surface area (Å²) in [5.41, 5.74) is 0.406. The third-order valence-corrected chi connectivity index (χ3v) is 2.37. The van der Waals surface area contributed by atoms with Gasteiger partial charge in [-0.2, -0.15) is 0 Å². The predicted octanol–water partition coefficient (Wildman–Crippen LogP) is 2.25. The number of rotatable bonds is 6. The van der Waals surface area contributed by atoms with Gasteiger partial charge in [-0.25, -0.2) is 4.98 Å². The van der Waals surface area contributed by atoms with E-state index in [9.17, 15) is 4.79 Å². The minimum absolute atomic E-state index is 0.181. The average molecular weight is 301 g/mol. The molecule has 0 spiro atoms. The molecule has 0 saturated carbocycles. The third-order valence-electron chi connectivity index (χ3n) is 1.93. The fraction of sp³-hybridized carbons (Fsp3) is 0.500. The molecule has 1 amide bonds. The van der Waals surface area contributed by atoms with Crippen LogP contribution in [-0.4, -0.2) is 30.6 Å². The first-order valence-electron chi connectivity index (χ1n) is 5.58. The molecule has 0 unspecified atom stereocenters. The Kier molecular flexibility index (Phi) is 6.15. The van der Waals surface area contributed by atoms with Gasteiger partial charge in [-0.05, 0) is 34.0 Å². The van der Waals surface area contributed by atoms with E-state index in [1.807, 2.05) is 0 Å². The summed E-state index contributed by atoms with van der Waals surface area (Å²) in [5, 5.41) is 2.75. The first kappa shape index (κ1) is 14.1. The lowest BCUT2D eigenvalue weighted by Crippen LogP contribution is -2.28. The van der Waals surface area contributed by atoms with Crippen LogP contribution in [0.3, 0.4) is 0 Å². The van der Waals surface area contributed by atoms with Gasteiger partial charge in [0.1, 0.15) is 10.3 Å². The van der Waals surface area contributed by atoms with Crippen LogP contribution in [0.2, 0.25) is 0 Å². The number of carbonyl (C=O) groups excluding carboxylic acids is 1. The van der Waals surface area contributed by atoms with Gasteiger partial charge >= 0.3 is 0 Å². The largest absolute Gasteiger partial charge is 0.379 e. The number of nitrogens with zero attached hydrogens (tertiary/aromatic N) is 1. The van der Waals surface area contributed by atoms with Crippen molar-refractivity contribution >= 4 is 21.8 Å². The Morgan fingerprint density at radius 2 is 2.29 bits per heavy atom. The van der Waals surface area contributed by atoms with E-state index in [1.54, 1.807) is 18.2 Å². The molecule has 0 saturated heterocycles. The van der Waals surface area contributed by atoms with E-state index < -0.39 is 0 Å². The van der Waals surface area contributed by atoms with Gasteiger partial charge < -0.3 is 10.1 Å². The predicted molar refractivity (Wildman–Crippen MR) is 69.9 cm³/mol. The molecule has 0 aliphatic heterocycles. The SMILES string of the molecule is CC(C)COCCNC(=O)c1cccc(Br)n1. The van der Waals surface area contributed by atoms with Crippen LogP contribution in [-0.2, 0) is 4.74 Å². The van der Waals surface area contributed by atoms with Gasteiger partial charge in [0.15, 0.2) is 0 Å². The summed E-state index contributed by atoms with van der Waals surface area (Å²) in [6.45, 7) is 5.91. The number of halogens is 1. The minimum atomic E-state index is -0.181. The normalized spacial score (nSPS) is 10.6. The lowest BCUT2D eigenvalue weighted by Gasteiger charge is -2.07. The van der Waals surface area contributed by atoms with Crippen molar-refractivity contribution in [1.82, 2.24) is 10.3 Å². The summed E-state index contributed by atoms with van der Waals surface area (Å²) in [5.74, 6) is 0.330. The van der Waals surface area contributed by atoms with Crippen LogP contribution in [0.15, 0.2) is 22.8 Å². The standard InChI is InChI=1S/C12H17BrN2O2/c1-9(2)8-17-7-6-14-12(16)10-4-3-5-11(13)15-10/h3-5,9H,6-8H2,1-2H3,(H,14,16). The molecular formula is C12H17BrN2O2. The van der Waals surface area contributed by atoms with Crippen LogP contribution in [0.1, 0.15) is 24.3 Å². The molecule has 0 radical (unpaired) electrons. The second-order valence-corrected chi connectivity index (χ2v) is 4.88. The number of nitrogens with one attached hydrogen (secondary N) is 1. The molecule has 1 N–H and O–H groups in total. The molecule has 1 aromatic heterocycles. The van der Waals surface area contributed by atoms with Crippen molar-refractivity contribution in [1.29, 1.82) is 0 Å². The lowest BCUT2D eigenvalue weighted by molar-refractivity contribution is 0.0882. The molecule has 0 aromatic carbocycles. The summed E-state index contributed by atoms with van der Waals surface area (Å²) < 4.78 is 6.01. The number of hydrogen-bond donors (Lipinski definition) is 1. The Labute approximate surface area is 110 Å². The fourth-order valence-electron chi connectivity index (χ4n) is 1.18. The molecule has 0 fully saturated rings. The number of hydrogen-bond acceptors (Lipinski definition) is 3. The Bertz CT molecular complexity index is 369. The Balaban J connectivity index is 2.26. The topological polar surface area (TPSA) is 51.2 Å². The van der Waals surface area contributed by atoms with Gasteiger partial charge in [-0.15, -0.1) is 0 Å². The van der Waals surface area contributed by atoms with Gasteiger partial charge in [0.05, 0.1) is 6.61 Å². The molecule has 5 heteroatoms. The van der Waals surface area contributed by atoms with Crippen molar-refractivity contribution in [2.75, 3.05) is 19.8 Å². The summed E-state index contributed by atoms with van der Waals surface area (Å²) in [7, 11) is 0. The summed E-state index contributed by atoms with van der Waals surface area (Å²) in [6.07, 6.45) is 0. The van der Waals surface area contributed by atoms with Gasteiger partial charge in [0.25, 0.3) is 5.91 Å². The van der Waals surface area contributed by atoms with Crippen LogP contribution in [0.25, 0.3) is 0 Å². The molecule has 1 aromatic rings. The molecule has 4 nitrogen and oxygen atoms in total. The number of amides is 1. The third kappa shape index (κ3) is 5.79. The first-order valence-corrected chi connectivity index (χ1v) is 6.37. The summed E-state index contributed by atoms with van der Waals surface area (Å²) in [6, 6.07) is 5.23. The maximum absolute atomic E-state index is 11.6. The van der Waals surface area contributed by atoms with Crippen LogP contribution < -0.4 is 5.32 Å². The second kappa shape index (κ2) is 7.40. The molecule has 17 heavy (non-hydrogen) atoms. The van der Waals surface area contributed by atoms with Crippen LogP contribution in [0, 0.1) is 5.92 Å². The van der Waals surface area contributed by atoms with Gasteiger partial charge in [-0.3, -0.25) is 4.79 Å². The molecular weight excluding hydrogens is 284 g/mol. The van der Waals surface area contributed by atoms with Crippen LogP contribution in [0.5, 0.6) is 0 Å². The summed E-state index contributed by atoms with van der Waals surface area (Å²) >= 11 is 3.22. The highest BCUT2D eigenvalue weighted by Crippen LogP contribution is 2.05. The number of aromatic nitrogens is 1. The smallest absolute Gasteiger partial charge is 0.270 e. The Morgan fingerprint density at radius 1 is 1.53 bits per heavy atom. The number of pyridine rings is 1. The van der Waals surface area contributed by atoms with Gasteiger partial charge in [-0.1, -0.05) is 19.9 Å². The van der Waals surface area contributed by atoms with E-state index >= 15 is 0 Å². The number of ether oxygens (including phenoxy) is 1. The van der Waals surface area contributed by atoms with Gasteiger partial charge in [0.2, 0.25) is 0 Å². The van der Waals surface area contributed by atoms with Crippen molar-refractivity contribution in [2.45, 2.75) is 13.8 Å². The maximum Gasteiger partial charge on any atom is 0.270 e. The zero-order valence-electron chi connectivity index (χ0n) is 10.1. The van der Waals surface area contributed by atoms with E-state index in [1.165, 1.54) is 0 Å². The Morgan fingerprint density at radius 3 is 2.94 bits per heavy atom. The number of carbonyl (C=O) groups is 1. The molecule has 0 bridgehead atoms.